The summed E-state index contributed by atoms with van der Waals surface area (Å²) in [5.74, 6) is 0.00518. The SMILES string of the molecule is CCCCC(CC)C(=O)OC.CCCCCCCCCCCCCCCCCC(=O)OC. The maximum absolute atomic E-state index is 11.0. The molecule has 0 spiro atoms. The van der Waals surface area contributed by atoms with Gasteiger partial charge in [-0.05, 0) is 19.3 Å². The number of hydrogen-bond acceptors (Lipinski definition) is 4. The molecule has 0 aromatic heterocycles. The Bertz CT molecular complexity index is 395. The van der Waals surface area contributed by atoms with Gasteiger partial charge in [0.2, 0.25) is 0 Å². The van der Waals surface area contributed by atoms with Gasteiger partial charge in [-0.3, -0.25) is 9.59 Å². The zero-order valence-corrected chi connectivity index (χ0v) is 22.4. The fraction of sp³-hybridized carbons (Fsp3) is 0.929. The molecule has 1 unspecified atom stereocenters. The van der Waals surface area contributed by atoms with E-state index in [0.29, 0.717) is 6.42 Å². The molecular formula is C28H56O4. The van der Waals surface area contributed by atoms with E-state index in [4.69, 9.17) is 0 Å². The smallest absolute Gasteiger partial charge is 0.308 e. The largest absolute Gasteiger partial charge is 0.469 e. The van der Waals surface area contributed by atoms with Crippen molar-refractivity contribution >= 4 is 11.9 Å². The third kappa shape index (κ3) is 25.2. The Morgan fingerprint density at radius 2 is 0.969 bits per heavy atom. The number of unbranched alkanes of at least 4 members (excludes halogenated alkanes) is 15. The summed E-state index contributed by atoms with van der Waals surface area (Å²) in [6.45, 7) is 6.43. The van der Waals surface area contributed by atoms with Crippen LogP contribution in [-0.4, -0.2) is 26.2 Å². The highest BCUT2D eigenvalue weighted by molar-refractivity contribution is 5.72. The van der Waals surface area contributed by atoms with Crippen molar-refractivity contribution in [2.45, 2.75) is 149 Å². The molecule has 0 saturated heterocycles. The molecule has 0 aliphatic carbocycles. The fourth-order valence-electron chi connectivity index (χ4n) is 3.85. The van der Waals surface area contributed by atoms with E-state index in [1.54, 1.807) is 0 Å². The van der Waals surface area contributed by atoms with Crippen molar-refractivity contribution in [3.63, 3.8) is 0 Å². The lowest BCUT2D eigenvalue weighted by atomic mass is 10.00. The van der Waals surface area contributed by atoms with Crippen molar-refractivity contribution in [3.05, 3.63) is 0 Å². The molecule has 0 saturated carbocycles. The molecular weight excluding hydrogens is 400 g/mol. The molecule has 0 amide bonds. The molecule has 0 bridgehead atoms. The molecule has 4 heteroatoms. The predicted octanol–water partition coefficient (Wildman–Crippen LogP) is 8.80. The van der Waals surface area contributed by atoms with Gasteiger partial charge in [0, 0.05) is 6.42 Å². The third-order valence-electron chi connectivity index (χ3n) is 6.15. The van der Waals surface area contributed by atoms with Gasteiger partial charge >= 0.3 is 11.9 Å². The van der Waals surface area contributed by atoms with Gasteiger partial charge < -0.3 is 9.47 Å². The lowest BCUT2D eigenvalue weighted by molar-refractivity contribution is -0.146. The number of esters is 2. The van der Waals surface area contributed by atoms with Crippen LogP contribution in [0.1, 0.15) is 149 Å². The Labute approximate surface area is 200 Å². The molecule has 1 atom stereocenters. The molecule has 0 fully saturated rings. The van der Waals surface area contributed by atoms with Crippen LogP contribution in [0.4, 0.5) is 0 Å². The van der Waals surface area contributed by atoms with Gasteiger partial charge in [0.25, 0.3) is 0 Å². The molecule has 0 aliphatic rings. The normalized spacial score (nSPS) is 11.4. The van der Waals surface area contributed by atoms with Crippen LogP contribution in [0.3, 0.4) is 0 Å². The first-order valence-corrected chi connectivity index (χ1v) is 13.7. The van der Waals surface area contributed by atoms with Crippen LogP contribution in [-0.2, 0) is 19.1 Å². The van der Waals surface area contributed by atoms with E-state index in [0.717, 1.165) is 32.1 Å². The van der Waals surface area contributed by atoms with Crippen molar-refractivity contribution in [1.29, 1.82) is 0 Å². The van der Waals surface area contributed by atoms with Crippen molar-refractivity contribution in [2.75, 3.05) is 14.2 Å². The lowest BCUT2D eigenvalue weighted by Crippen LogP contribution is -2.14. The molecule has 192 valence electrons. The third-order valence-corrected chi connectivity index (χ3v) is 6.15. The minimum absolute atomic E-state index is 0.0547. The van der Waals surface area contributed by atoms with Crippen molar-refractivity contribution in [2.24, 2.45) is 5.92 Å². The Morgan fingerprint density at radius 1 is 0.562 bits per heavy atom. The molecule has 0 aromatic rings. The summed E-state index contributed by atoms with van der Waals surface area (Å²) < 4.78 is 9.29. The molecule has 32 heavy (non-hydrogen) atoms. The number of hydrogen-bond donors (Lipinski definition) is 0. The van der Waals surface area contributed by atoms with Crippen molar-refractivity contribution < 1.29 is 19.1 Å². The van der Waals surface area contributed by atoms with Gasteiger partial charge in [-0.1, -0.05) is 124 Å². The Hall–Kier alpha value is -1.06. The quantitative estimate of drug-likeness (QED) is 0.128. The molecule has 0 radical (unpaired) electrons. The van der Waals surface area contributed by atoms with E-state index in [-0.39, 0.29) is 17.9 Å². The number of rotatable bonds is 21. The summed E-state index contributed by atoms with van der Waals surface area (Å²) >= 11 is 0. The van der Waals surface area contributed by atoms with Gasteiger partial charge in [0.15, 0.2) is 0 Å². The molecule has 4 nitrogen and oxygen atoms in total. The number of ether oxygens (including phenoxy) is 2. The zero-order chi connectivity index (χ0) is 24.3. The second-order valence-corrected chi connectivity index (χ2v) is 9.05. The van der Waals surface area contributed by atoms with Crippen LogP contribution < -0.4 is 0 Å². The monoisotopic (exact) mass is 456 g/mol. The summed E-state index contributed by atoms with van der Waals surface area (Å²) in [6, 6.07) is 0. The molecule has 0 N–H and O–H groups in total. The average Bonchev–Trinajstić information content (AvgIpc) is 2.82. The summed E-state index contributed by atoms with van der Waals surface area (Å²) in [5, 5.41) is 0. The summed E-state index contributed by atoms with van der Waals surface area (Å²) in [6.07, 6.45) is 25.1. The number of carbonyl (C=O) groups excluding carboxylic acids is 2. The van der Waals surface area contributed by atoms with E-state index in [1.165, 1.54) is 104 Å². The standard InChI is InChI=1S/C19H38O2.C9H18O2/c1-3-4-5-6-7-8-9-10-11-12-13-14-15-16-17-18-19(20)21-2;1-4-6-7-8(5-2)9(10)11-3/h3-18H2,1-2H3;8H,4-7H2,1-3H3. The molecule has 0 heterocycles. The van der Waals surface area contributed by atoms with Gasteiger partial charge in [-0.25, -0.2) is 0 Å². The van der Waals surface area contributed by atoms with E-state index in [2.05, 4.69) is 23.3 Å². The van der Waals surface area contributed by atoms with Crippen LogP contribution in [0, 0.1) is 5.92 Å². The van der Waals surface area contributed by atoms with Crippen molar-refractivity contribution in [3.8, 4) is 0 Å². The summed E-state index contributed by atoms with van der Waals surface area (Å²) in [4.78, 5) is 22.0. The van der Waals surface area contributed by atoms with Gasteiger partial charge in [0.1, 0.15) is 0 Å². The topological polar surface area (TPSA) is 52.6 Å². The number of methoxy groups -OCH3 is 2. The Morgan fingerprint density at radius 3 is 1.31 bits per heavy atom. The second kappa shape index (κ2) is 28.0. The summed E-state index contributed by atoms with van der Waals surface area (Å²) in [5.41, 5.74) is 0. The van der Waals surface area contributed by atoms with E-state index >= 15 is 0 Å². The molecule has 0 aromatic carbocycles. The average molecular weight is 457 g/mol. The Balaban J connectivity index is 0. The minimum Gasteiger partial charge on any atom is -0.469 e. The minimum atomic E-state index is -0.0651. The van der Waals surface area contributed by atoms with E-state index in [9.17, 15) is 9.59 Å². The zero-order valence-electron chi connectivity index (χ0n) is 22.4. The second-order valence-electron chi connectivity index (χ2n) is 9.05. The van der Waals surface area contributed by atoms with Crippen LogP contribution in [0.25, 0.3) is 0 Å². The Kier molecular flexibility index (Phi) is 28.9. The molecule has 0 aliphatic heterocycles. The molecule has 0 rings (SSSR count). The van der Waals surface area contributed by atoms with Crippen LogP contribution in [0.15, 0.2) is 0 Å². The van der Waals surface area contributed by atoms with Crippen LogP contribution >= 0.6 is 0 Å². The highest BCUT2D eigenvalue weighted by Crippen LogP contribution is 2.14. The predicted molar refractivity (Wildman–Crippen MR) is 137 cm³/mol. The maximum atomic E-state index is 11.0. The van der Waals surface area contributed by atoms with Gasteiger partial charge in [0.05, 0.1) is 20.1 Å². The highest BCUT2D eigenvalue weighted by atomic mass is 16.5. The van der Waals surface area contributed by atoms with E-state index < -0.39 is 0 Å². The first-order chi connectivity index (χ1) is 15.6. The van der Waals surface area contributed by atoms with Crippen LogP contribution in [0.2, 0.25) is 0 Å². The van der Waals surface area contributed by atoms with Crippen LogP contribution in [0.5, 0.6) is 0 Å². The fourth-order valence-corrected chi connectivity index (χ4v) is 3.85. The highest BCUT2D eigenvalue weighted by Gasteiger charge is 2.15. The number of carbonyl (C=O) groups is 2. The first kappa shape index (κ1) is 33.1. The summed E-state index contributed by atoms with van der Waals surface area (Å²) in [7, 11) is 2.92. The van der Waals surface area contributed by atoms with Gasteiger partial charge in [-0.2, -0.15) is 0 Å². The van der Waals surface area contributed by atoms with Crippen molar-refractivity contribution in [1.82, 2.24) is 0 Å². The van der Waals surface area contributed by atoms with E-state index in [1.807, 2.05) is 6.92 Å². The lowest BCUT2D eigenvalue weighted by Gasteiger charge is -2.10. The first-order valence-electron chi connectivity index (χ1n) is 13.7. The van der Waals surface area contributed by atoms with Gasteiger partial charge in [-0.15, -0.1) is 0 Å². The maximum Gasteiger partial charge on any atom is 0.308 e.